The van der Waals surface area contributed by atoms with Crippen LogP contribution >= 0.6 is 23.2 Å². The highest BCUT2D eigenvalue weighted by molar-refractivity contribution is 6.34. The highest BCUT2D eigenvalue weighted by atomic mass is 35.5. The zero-order valence-electron chi connectivity index (χ0n) is 21.7. The number of anilines is 4. The third-order valence-corrected chi connectivity index (χ3v) is 6.77. The third kappa shape index (κ3) is 8.45. The van der Waals surface area contributed by atoms with Crippen LogP contribution < -0.4 is 21.3 Å². The summed E-state index contributed by atoms with van der Waals surface area (Å²) in [7, 11) is 1.94. The molecule has 0 radical (unpaired) electrons. The Kier molecular flexibility index (Phi) is 9.62. The molecule has 0 saturated carbocycles. The average Bonchev–Trinajstić information content (AvgIpc) is 2.81. The van der Waals surface area contributed by atoms with Crippen molar-refractivity contribution < 1.29 is 33.9 Å². The molecule has 210 valence electrons. The number of piperazine rings is 1. The number of nitrogens with zero attached hydrogens (tertiary/aromatic N) is 2. The molecule has 4 amide bonds. The quantitative estimate of drug-likeness (QED) is 0.206. The first-order chi connectivity index (χ1) is 18.2. The maximum absolute atomic E-state index is 12.7. The number of halogens is 2. The van der Waals surface area contributed by atoms with Gasteiger partial charge in [-0.05, 0) is 12.1 Å². The Labute approximate surface area is 235 Å². The van der Waals surface area contributed by atoms with Crippen molar-refractivity contribution in [3.63, 3.8) is 0 Å². The highest BCUT2D eigenvalue weighted by Gasteiger charge is 2.32. The van der Waals surface area contributed by atoms with Crippen LogP contribution in [0.25, 0.3) is 0 Å². The summed E-state index contributed by atoms with van der Waals surface area (Å²) in [5, 5.41) is 30.8. The van der Waals surface area contributed by atoms with Gasteiger partial charge in [0.25, 0.3) is 5.91 Å². The number of likely N-dealkylation sites (N-methyl/N-ethyl adjacent to an activating group) is 1. The number of amides is 4. The van der Waals surface area contributed by atoms with E-state index in [9.17, 15) is 29.4 Å². The minimum Gasteiger partial charge on any atom is -0.506 e. The summed E-state index contributed by atoms with van der Waals surface area (Å²) in [6.45, 7) is 5.17. The van der Waals surface area contributed by atoms with Crippen molar-refractivity contribution in [2.75, 3.05) is 67.6 Å². The number of carbonyl (C=O) groups is 4. The lowest BCUT2D eigenvalue weighted by molar-refractivity contribution is -0.905. The molecule has 0 atom stereocenters. The molecule has 1 fully saturated rings. The lowest BCUT2D eigenvalue weighted by atomic mass is 10.2. The number of phenolic OH excluding ortho intramolecular Hbond substituents is 2. The van der Waals surface area contributed by atoms with Crippen LogP contribution in [0.15, 0.2) is 24.3 Å². The van der Waals surface area contributed by atoms with Gasteiger partial charge in [-0.15, -0.1) is 0 Å². The molecule has 39 heavy (non-hydrogen) atoms. The normalized spacial score (nSPS) is 14.8. The van der Waals surface area contributed by atoms with E-state index in [1.54, 1.807) is 0 Å². The number of benzene rings is 2. The Balaban J connectivity index is 1.51. The highest BCUT2D eigenvalue weighted by Crippen LogP contribution is 2.35. The minimum absolute atomic E-state index is 0.0896. The van der Waals surface area contributed by atoms with E-state index in [1.807, 2.05) is 11.9 Å². The number of quaternary nitrogens is 1. The standard InChI is InChI=1S/C25H30Cl2N6O6/c1-14(34)28-20-8-16(26)18(10-22(20)36)30-24(38)12-32-4-6-33(3,7-5-32)13-25(39)31-19-11-23(37)21(9-17(19)27)29-15(2)35/h8-11H,4-7,12-13H2,1-3H3,(H5-,28,29,30,31,34,35,36,37,38,39)/p+1. The minimum atomic E-state index is -0.369. The molecular weight excluding hydrogens is 551 g/mol. The Bertz CT molecular complexity index is 1300. The van der Waals surface area contributed by atoms with Crippen LogP contribution in [-0.2, 0) is 19.2 Å². The van der Waals surface area contributed by atoms with Gasteiger partial charge in [0, 0.05) is 39.1 Å². The average molecular weight is 582 g/mol. The van der Waals surface area contributed by atoms with Crippen LogP contribution in [0, 0.1) is 0 Å². The van der Waals surface area contributed by atoms with Gasteiger partial charge in [0.2, 0.25) is 17.7 Å². The maximum Gasteiger partial charge on any atom is 0.279 e. The summed E-state index contributed by atoms with van der Waals surface area (Å²) in [6.07, 6.45) is 0. The van der Waals surface area contributed by atoms with Crippen molar-refractivity contribution in [3.05, 3.63) is 34.3 Å². The fourth-order valence-electron chi connectivity index (χ4n) is 4.13. The van der Waals surface area contributed by atoms with Crippen LogP contribution in [0.5, 0.6) is 11.5 Å². The molecule has 3 rings (SSSR count). The SMILES string of the molecule is CC(=O)Nc1cc(Cl)c(NC(=O)CN2CC[N+](C)(CC(=O)Nc3cc(O)c(NC(C)=O)cc3Cl)CC2)cc1O. The molecule has 12 nitrogen and oxygen atoms in total. The van der Waals surface area contributed by atoms with Crippen LogP contribution in [0.4, 0.5) is 22.7 Å². The predicted molar refractivity (Wildman–Crippen MR) is 149 cm³/mol. The number of rotatable bonds is 8. The zero-order valence-corrected chi connectivity index (χ0v) is 23.2. The van der Waals surface area contributed by atoms with Gasteiger partial charge in [0.15, 0.2) is 6.54 Å². The second kappa shape index (κ2) is 12.5. The van der Waals surface area contributed by atoms with Gasteiger partial charge < -0.3 is 36.0 Å². The van der Waals surface area contributed by atoms with E-state index >= 15 is 0 Å². The van der Waals surface area contributed by atoms with E-state index in [2.05, 4.69) is 21.3 Å². The predicted octanol–water partition coefficient (Wildman–Crippen LogP) is 2.66. The first-order valence-electron chi connectivity index (χ1n) is 12.0. The zero-order chi connectivity index (χ0) is 28.9. The second-order valence-electron chi connectivity index (χ2n) is 9.66. The number of phenols is 2. The summed E-state index contributed by atoms with van der Waals surface area (Å²) in [5.74, 6) is -1.81. The van der Waals surface area contributed by atoms with Crippen molar-refractivity contribution in [1.82, 2.24) is 4.90 Å². The van der Waals surface area contributed by atoms with Crippen molar-refractivity contribution in [2.24, 2.45) is 0 Å². The second-order valence-corrected chi connectivity index (χ2v) is 10.5. The summed E-state index contributed by atoms with van der Waals surface area (Å²) in [6, 6.07) is 5.27. The van der Waals surface area contributed by atoms with Gasteiger partial charge in [0.1, 0.15) is 11.5 Å². The Morgan fingerprint density at radius 3 is 1.64 bits per heavy atom. The van der Waals surface area contributed by atoms with Gasteiger partial charge >= 0.3 is 0 Å². The van der Waals surface area contributed by atoms with Crippen molar-refractivity contribution in [3.8, 4) is 11.5 Å². The van der Waals surface area contributed by atoms with Gasteiger partial charge in [0.05, 0.1) is 59.5 Å². The molecule has 0 aliphatic carbocycles. The third-order valence-electron chi connectivity index (χ3n) is 6.14. The fourth-order valence-corrected chi connectivity index (χ4v) is 4.55. The molecular formula is C25H31Cl2N6O6+. The van der Waals surface area contributed by atoms with E-state index in [0.717, 1.165) is 0 Å². The Morgan fingerprint density at radius 2 is 1.21 bits per heavy atom. The molecule has 0 aromatic heterocycles. The van der Waals surface area contributed by atoms with Gasteiger partial charge in [-0.25, -0.2) is 0 Å². The first-order valence-corrected chi connectivity index (χ1v) is 12.8. The van der Waals surface area contributed by atoms with Crippen LogP contribution in [0.1, 0.15) is 13.8 Å². The molecule has 0 spiro atoms. The molecule has 0 unspecified atom stereocenters. The molecule has 1 heterocycles. The van der Waals surface area contributed by atoms with E-state index < -0.39 is 0 Å². The number of aromatic hydroxyl groups is 2. The molecule has 0 bridgehead atoms. The molecule has 6 N–H and O–H groups in total. The van der Waals surface area contributed by atoms with E-state index in [4.69, 9.17) is 23.2 Å². The van der Waals surface area contributed by atoms with Gasteiger partial charge in [-0.2, -0.15) is 0 Å². The van der Waals surface area contributed by atoms with Crippen molar-refractivity contribution in [1.29, 1.82) is 0 Å². The molecule has 14 heteroatoms. The van der Waals surface area contributed by atoms with Crippen LogP contribution in [0.2, 0.25) is 10.0 Å². The number of hydrogen-bond donors (Lipinski definition) is 6. The van der Waals surface area contributed by atoms with E-state index in [0.29, 0.717) is 30.7 Å². The lowest BCUT2D eigenvalue weighted by Crippen LogP contribution is -2.60. The fraction of sp³-hybridized carbons (Fsp3) is 0.360. The largest absolute Gasteiger partial charge is 0.506 e. The summed E-state index contributed by atoms with van der Waals surface area (Å²) < 4.78 is 0.432. The molecule has 1 aliphatic rings. The van der Waals surface area contributed by atoms with Crippen LogP contribution in [0.3, 0.4) is 0 Å². The lowest BCUT2D eigenvalue weighted by Gasteiger charge is -2.41. The topological polar surface area (TPSA) is 160 Å². The van der Waals surface area contributed by atoms with E-state index in [1.165, 1.54) is 38.1 Å². The molecule has 2 aromatic rings. The monoisotopic (exact) mass is 581 g/mol. The van der Waals surface area contributed by atoms with Crippen LogP contribution in [-0.4, -0.2) is 89.5 Å². The number of carbonyl (C=O) groups excluding carboxylic acids is 4. The molecule has 1 aliphatic heterocycles. The first kappa shape index (κ1) is 30.0. The summed E-state index contributed by atoms with van der Waals surface area (Å²) in [5.41, 5.74) is 0.733. The number of hydrogen-bond acceptors (Lipinski definition) is 7. The Hall–Kier alpha value is -3.58. The summed E-state index contributed by atoms with van der Waals surface area (Å²) in [4.78, 5) is 49.8. The van der Waals surface area contributed by atoms with Gasteiger partial charge in [-0.3, -0.25) is 24.1 Å². The Morgan fingerprint density at radius 1 is 0.769 bits per heavy atom. The maximum atomic E-state index is 12.7. The van der Waals surface area contributed by atoms with Crippen molar-refractivity contribution in [2.45, 2.75) is 13.8 Å². The van der Waals surface area contributed by atoms with Gasteiger partial charge in [-0.1, -0.05) is 23.2 Å². The molecule has 2 aromatic carbocycles. The number of nitrogens with one attached hydrogen (secondary N) is 4. The summed E-state index contributed by atoms with van der Waals surface area (Å²) >= 11 is 12.4. The van der Waals surface area contributed by atoms with Crippen molar-refractivity contribution >= 4 is 69.6 Å². The van der Waals surface area contributed by atoms with E-state index in [-0.39, 0.29) is 81.0 Å². The molecule has 1 saturated heterocycles. The smallest absolute Gasteiger partial charge is 0.279 e.